The smallest absolute Gasteiger partial charge is 0.119 e. The third kappa shape index (κ3) is 3.81. The first-order valence-electron chi connectivity index (χ1n) is 6.55. The molecule has 0 unspecified atom stereocenters. The number of rotatable bonds is 5. The molecule has 0 radical (unpaired) electrons. The molecule has 0 amide bonds. The Hall–Kier alpha value is -1.87. The standard InChI is InChI=1S/C16H19ClN2O/c1-11-4-3-5-13(8-11)20-7-6-19-16-10-14(17)15(18)9-12(16)2/h3-5,8-10,19H,6-7,18H2,1-2H3. The molecule has 0 fully saturated rings. The highest BCUT2D eigenvalue weighted by molar-refractivity contribution is 6.33. The summed E-state index contributed by atoms with van der Waals surface area (Å²) in [5.41, 5.74) is 9.60. The molecular weight excluding hydrogens is 272 g/mol. The van der Waals surface area contributed by atoms with E-state index in [9.17, 15) is 0 Å². The van der Waals surface area contributed by atoms with Crippen LogP contribution >= 0.6 is 11.6 Å². The van der Waals surface area contributed by atoms with E-state index < -0.39 is 0 Å². The summed E-state index contributed by atoms with van der Waals surface area (Å²) in [6.07, 6.45) is 0. The minimum absolute atomic E-state index is 0.567. The van der Waals surface area contributed by atoms with Gasteiger partial charge in [0.25, 0.3) is 0 Å². The van der Waals surface area contributed by atoms with Gasteiger partial charge in [-0.15, -0.1) is 0 Å². The topological polar surface area (TPSA) is 47.3 Å². The molecule has 0 aliphatic heterocycles. The fourth-order valence-corrected chi connectivity index (χ4v) is 2.12. The Morgan fingerprint density at radius 2 is 2.00 bits per heavy atom. The Labute approximate surface area is 124 Å². The van der Waals surface area contributed by atoms with Crippen LogP contribution in [0.25, 0.3) is 0 Å². The van der Waals surface area contributed by atoms with Gasteiger partial charge < -0.3 is 15.8 Å². The highest BCUT2D eigenvalue weighted by atomic mass is 35.5. The van der Waals surface area contributed by atoms with Gasteiger partial charge in [-0.2, -0.15) is 0 Å². The predicted octanol–water partition coefficient (Wildman–Crippen LogP) is 4.03. The number of benzene rings is 2. The van der Waals surface area contributed by atoms with Crippen LogP contribution < -0.4 is 15.8 Å². The quantitative estimate of drug-likeness (QED) is 0.645. The van der Waals surface area contributed by atoms with Gasteiger partial charge in [-0.1, -0.05) is 23.7 Å². The lowest BCUT2D eigenvalue weighted by atomic mass is 10.2. The molecule has 0 spiro atoms. The number of aryl methyl sites for hydroxylation is 2. The van der Waals surface area contributed by atoms with Gasteiger partial charge in [0.15, 0.2) is 0 Å². The molecule has 2 aromatic carbocycles. The van der Waals surface area contributed by atoms with Crippen molar-refractivity contribution in [1.82, 2.24) is 0 Å². The lowest BCUT2D eigenvalue weighted by Crippen LogP contribution is -2.12. The van der Waals surface area contributed by atoms with Crippen molar-refractivity contribution < 1.29 is 4.74 Å². The third-order valence-electron chi connectivity index (χ3n) is 3.02. The number of nitrogen functional groups attached to an aromatic ring is 1. The molecule has 2 rings (SSSR count). The van der Waals surface area contributed by atoms with Crippen molar-refractivity contribution in [2.75, 3.05) is 24.2 Å². The zero-order chi connectivity index (χ0) is 14.5. The molecule has 0 aliphatic carbocycles. The fraction of sp³-hybridized carbons (Fsp3) is 0.250. The first-order chi connectivity index (χ1) is 9.56. The summed E-state index contributed by atoms with van der Waals surface area (Å²) in [5, 5.41) is 3.87. The van der Waals surface area contributed by atoms with E-state index in [0.717, 1.165) is 17.0 Å². The number of halogens is 1. The molecule has 106 valence electrons. The monoisotopic (exact) mass is 290 g/mol. The lowest BCUT2D eigenvalue weighted by molar-refractivity contribution is 0.332. The first-order valence-corrected chi connectivity index (χ1v) is 6.93. The van der Waals surface area contributed by atoms with Gasteiger partial charge in [0.05, 0.1) is 10.7 Å². The summed E-state index contributed by atoms with van der Waals surface area (Å²) in [7, 11) is 0. The number of hydrogen-bond donors (Lipinski definition) is 2. The maximum atomic E-state index is 6.02. The molecule has 0 atom stereocenters. The maximum absolute atomic E-state index is 6.02. The lowest BCUT2D eigenvalue weighted by Gasteiger charge is -2.12. The summed E-state index contributed by atoms with van der Waals surface area (Å²) in [5.74, 6) is 0.888. The van der Waals surface area contributed by atoms with Gasteiger partial charge in [-0.25, -0.2) is 0 Å². The van der Waals surface area contributed by atoms with Crippen LogP contribution in [0.5, 0.6) is 5.75 Å². The molecule has 0 saturated heterocycles. The predicted molar refractivity (Wildman–Crippen MR) is 85.8 cm³/mol. The van der Waals surface area contributed by atoms with Crippen molar-refractivity contribution in [3.63, 3.8) is 0 Å². The highest BCUT2D eigenvalue weighted by Crippen LogP contribution is 2.26. The van der Waals surface area contributed by atoms with Crippen molar-refractivity contribution in [1.29, 1.82) is 0 Å². The van der Waals surface area contributed by atoms with E-state index in [1.165, 1.54) is 5.56 Å². The Kier molecular flexibility index (Phi) is 4.74. The van der Waals surface area contributed by atoms with E-state index in [-0.39, 0.29) is 0 Å². The number of ether oxygens (including phenoxy) is 1. The van der Waals surface area contributed by atoms with Crippen LogP contribution in [0.2, 0.25) is 5.02 Å². The van der Waals surface area contributed by atoms with Crippen molar-refractivity contribution in [2.45, 2.75) is 13.8 Å². The molecule has 3 nitrogen and oxygen atoms in total. The third-order valence-corrected chi connectivity index (χ3v) is 3.35. The number of anilines is 2. The van der Waals surface area contributed by atoms with Gasteiger partial charge >= 0.3 is 0 Å². The van der Waals surface area contributed by atoms with E-state index in [0.29, 0.717) is 23.9 Å². The van der Waals surface area contributed by atoms with Gasteiger partial charge in [-0.3, -0.25) is 0 Å². The van der Waals surface area contributed by atoms with Crippen LogP contribution in [-0.2, 0) is 0 Å². The molecule has 0 saturated carbocycles. The molecule has 3 N–H and O–H groups in total. The van der Waals surface area contributed by atoms with E-state index >= 15 is 0 Å². The van der Waals surface area contributed by atoms with E-state index in [2.05, 4.69) is 5.32 Å². The van der Waals surface area contributed by atoms with Crippen molar-refractivity contribution >= 4 is 23.0 Å². The zero-order valence-electron chi connectivity index (χ0n) is 11.7. The van der Waals surface area contributed by atoms with E-state index in [1.807, 2.05) is 50.2 Å². The van der Waals surface area contributed by atoms with Gasteiger partial charge in [-0.05, 0) is 49.2 Å². The summed E-state index contributed by atoms with van der Waals surface area (Å²) < 4.78 is 5.68. The maximum Gasteiger partial charge on any atom is 0.119 e. The molecule has 0 bridgehead atoms. The summed E-state index contributed by atoms with van der Waals surface area (Å²) in [6.45, 7) is 5.33. The molecular formula is C16H19ClN2O. The fourth-order valence-electron chi connectivity index (χ4n) is 1.95. The normalized spacial score (nSPS) is 10.3. The van der Waals surface area contributed by atoms with Crippen LogP contribution in [0.1, 0.15) is 11.1 Å². The average molecular weight is 291 g/mol. The minimum Gasteiger partial charge on any atom is -0.492 e. The van der Waals surface area contributed by atoms with Crippen LogP contribution in [-0.4, -0.2) is 13.2 Å². The first kappa shape index (κ1) is 14.5. The van der Waals surface area contributed by atoms with Crippen LogP contribution in [0.3, 0.4) is 0 Å². The number of nitrogens with two attached hydrogens (primary N) is 1. The Morgan fingerprint density at radius 3 is 2.75 bits per heavy atom. The van der Waals surface area contributed by atoms with Crippen molar-refractivity contribution in [3.8, 4) is 5.75 Å². The number of hydrogen-bond acceptors (Lipinski definition) is 3. The second-order valence-electron chi connectivity index (χ2n) is 4.78. The molecule has 4 heteroatoms. The summed E-state index contributed by atoms with van der Waals surface area (Å²) in [4.78, 5) is 0. The molecule has 20 heavy (non-hydrogen) atoms. The molecule has 0 heterocycles. The second kappa shape index (κ2) is 6.53. The van der Waals surface area contributed by atoms with Crippen molar-refractivity contribution in [2.24, 2.45) is 0 Å². The van der Waals surface area contributed by atoms with Crippen molar-refractivity contribution in [3.05, 3.63) is 52.5 Å². The molecule has 2 aromatic rings. The van der Waals surface area contributed by atoms with E-state index in [4.69, 9.17) is 22.1 Å². The average Bonchev–Trinajstić information content (AvgIpc) is 2.40. The Morgan fingerprint density at radius 1 is 1.20 bits per heavy atom. The van der Waals surface area contributed by atoms with E-state index in [1.54, 1.807) is 0 Å². The Balaban J connectivity index is 1.86. The zero-order valence-corrected chi connectivity index (χ0v) is 12.5. The highest BCUT2D eigenvalue weighted by Gasteiger charge is 2.03. The molecule has 0 aromatic heterocycles. The van der Waals surface area contributed by atoms with Crippen LogP contribution in [0.15, 0.2) is 36.4 Å². The second-order valence-corrected chi connectivity index (χ2v) is 5.19. The van der Waals surface area contributed by atoms with Gasteiger partial charge in [0.2, 0.25) is 0 Å². The minimum atomic E-state index is 0.567. The Bertz CT molecular complexity index is 599. The van der Waals surface area contributed by atoms with Gasteiger partial charge in [0.1, 0.15) is 12.4 Å². The SMILES string of the molecule is Cc1cccc(OCCNc2cc(Cl)c(N)cc2C)c1. The largest absolute Gasteiger partial charge is 0.492 e. The van der Waals surface area contributed by atoms with Crippen LogP contribution in [0, 0.1) is 13.8 Å². The summed E-state index contributed by atoms with van der Waals surface area (Å²) in [6, 6.07) is 11.7. The van der Waals surface area contributed by atoms with Crippen LogP contribution in [0.4, 0.5) is 11.4 Å². The van der Waals surface area contributed by atoms with Gasteiger partial charge in [0, 0.05) is 12.2 Å². The number of nitrogens with one attached hydrogen (secondary N) is 1. The summed E-state index contributed by atoms with van der Waals surface area (Å²) >= 11 is 6.02. The molecule has 0 aliphatic rings.